The minimum atomic E-state index is -3.44. The van der Waals surface area contributed by atoms with E-state index in [0.717, 1.165) is 4.90 Å². The highest BCUT2D eigenvalue weighted by atomic mass is 35.5. The lowest BCUT2D eigenvalue weighted by molar-refractivity contribution is 0.0654. The molecule has 2 amide bonds. The van der Waals surface area contributed by atoms with Crippen molar-refractivity contribution < 1.29 is 22.7 Å². The second kappa shape index (κ2) is 10.6. The maximum absolute atomic E-state index is 12.2. The number of rotatable bonds is 11. The predicted molar refractivity (Wildman–Crippen MR) is 100 cm³/mol. The van der Waals surface area contributed by atoms with E-state index in [1.165, 1.54) is 0 Å². The van der Waals surface area contributed by atoms with Gasteiger partial charge in [0.25, 0.3) is 11.8 Å². The Kier molecular flexibility index (Phi) is 9.17. The van der Waals surface area contributed by atoms with Gasteiger partial charge in [-0.2, -0.15) is 0 Å². The smallest absolute Gasteiger partial charge is 0.261 e. The average molecular weight is 406 g/mol. The molecule has 1 aliphatic heterocycles. The molecular formula is C16H24ClN3O5S. The van der Waals surface area contributed by atoms with Crippen LogP contribution in [0.1, 0.15) is 27.1 Å². The molecule has 0 aliphatic carbocycles. The summed E-state index contributed by atoms with van der Waals surface area (Å²) in [6.45, 7) is 2.07. The van der Waals surface area contributed by atoms with Crippen LogP contribution in [0.5, 0.6) is 0 Å². The maximum atomic E-state index is 12.2. The van der Waals surface area contributed by atoms with Crippen molar-refractivity contribution in [3.05, 3.63) is 35.4 Å². The number of amides is 2. The number of ether oxygens (including phenoxy) is 1. The van der Waals surface area contributed by atoms with Gasteiger partial charge in [0.1, 0.15) is 0 Å². The largest absolute Gasteiger partial charge is 0.383 e. The molecule has 0 bridgehead atoms. The number of carbonyl (C=O) groups is 2. The van der Waals surface area contributed by atoms with Crippen molar-refractivity contribution in [2.24, 2.45) is 0 Å². The molecule has 0 unspecified atom stereocenters. The predicted octanol–water partition coefficient (Wildman–Crippen LogP) is 0.250. The number of methoxy groups -OCH3 is 1. The molecule has 0 fully saturated rings. The summed E-state index contributed by atoms with van der Waals surface area (Å²) in [5.74, 6) is -0.875. The molecule has 0 saturated carbocycles. The van der Waals surface area contributed by atoms with E-state index in [9.17, 15) is 18.0 Å². The van der Waals surface area contributed by atoms with Gasteiger partial charge >= 0.3 is 0 Å². The summed E-state index contributed by atoms with van der Waals surface area (Å²) in [5.41, 5.74) is 0.742. The molecule has 2 rings (SSSR count). The summed E-state index contributed by atoms with van der Waals surface area (Å²) in [6.07, 6.45) is 0.192. The Morgan fingerprint density at radius 1 is 1.04 bits per heavy atom. The zero-order valence-corrected chi connectivity index (χ0v) is 16.2. The van der Waals surface area contributed by atoms with Crippen LogP contribution in [0.2, 0.25) is 0 Å². The first-order valence-corrected chi connectivity index (χ1v) is 9.74. The summed E-state index contributed by atoms with van der Waals surface area (Å²) < 4.78 is 31.2. The molecule has 10 heteroatoms. The minimum absolute atomic E-state index is 0. The van der Waals surface area contributed by atoms with Crippen LogP contribution in [-0.4, -0.2) is 70.8 Å². The van der Waals surface area contributed by atoms with Crippen molar-refractivity contribution in [3.8, 4) is 0 Å². The molecule has 1 aromatic carbocycles. The zero-order valence-electron chi connectivity index (χ0n) is 14.6. The van der Waals surface area contributed by atoms with Crippen LogP contribution in [0.3, 0.4) is 0 Å². The first-order chi connectivity index (χ1) is 12.0. The Morgan fingerprint density at radius 3 is 2.23 bits per heavy atom. The summed E-state index contributed by atoms with van der Waals surface area (Å²) >= 11 is 0. The SMILES string of the molecule is COCCNCCNS(=O)(=O)CCCN1C(=O)c2ccccc2C1=O.Cl. The zero-order chi connectivity index (χ0) is 18.3. The summed E-state index contributed by atoms with van der Waals surface area (Å²) in [4.78, 5) is 25.5. The standard InChI is InChI=1S/C16H23N3O5S.ClH/c1-24-11-9-17-7-8-18-25(22,23)12-4-10-19-15(20)13-5-2-3-6-14(13)16(19)21;/h2-3,5-6,17-18H,4,7-12H2,1H3;1H. The minimum Gasteiger partial charge on any atom is -0.383 e. The second-order valence-electron chi connectivity index (χ2n) is 5.62. The number of nitrogens with zero attached hydrogens (tertiary/aromatic N) is 1. The van der Waals surface area contributed by atoms with E-state index in [-0.39, 0.29) is 49.5 Å². The molecule has 26 heavy (non-hydrogen) atoms. The highest BCUT2D eigenvalue weighted by Gasteiger charge is 2.34. The van der Waals surface area contributed by atoms with Crippen molar-refractivity contribution in [2.75, 3.05) is 45.6 Å². The van der Waals surface area contributed by atoms with E-state index < -0.39 is 10.0 Å². The van der Waals surface area contributed by atoms with Gasteiger partial charge in [-0.25, -0.2) is 13.1 Å². The molecule has 0 aromatic heterocycles. The Morgan fingerprint density at radius 2 is 1.65 bits per heavy atom. The molecule has 1 aromatic rings. The van der Waals surface area contributed by atoms with Crippen LogP contribution in [0, 0.1) is 0 Å². The summed E-state index contributed by atoms with van der Waals surface area (Å²) in [6, 6.07) is 6.60. The van der Waals surface area contributed by atoms with Crippen LogP contribution >= 0.6 is 12.4 Å². The molecule has 0 radical (unpaired) electrons. The third-order valence-corrected chi connectivity index (χ3v) is 5.25. The number of hydrogen-bond donors (Lipinski definition) is 2. The normalized spacial score (nSPS) is 13.7. The van der Waals surface area contributed by atoms with Gasteiger partial charge in [0.2, 0.25) is 10.0 Å². The number of fused-ring (bicyclic) bond motifs is 1. The van der Waals surface area contributed by atoms with Gasteiger partial charge in [-0.1, -0.05) is 12.1 Å². The van der Waals surface area contributed by atoms with Gasteiger partial charge in [0, 0.05) is 33.3 Å². The van der Waals surface area contributed by atoms with Crippen molar-refractivity contribution in [3.63, 3.8) is 0 Å². The Hall–Kier alpha value is -1.52. The lowest BCUT2D eigenvalue weighted by atomic mass is 10.1. The number of nitrogens with one attached hydrogen (secondary N) is 2. The van der Waals surface area contributed by atoms with Gasteiger partial charge in [-0.3, -0.25) is 14.5 Å². The van der Waals surface area contributed by atoms with Crippen molar-refractivity contribution >= 4 is 34.2 Å². The molecular weight excluding hydrogens is 382 g/mol. The Balaban J connectivity index is 0.00000338. The molecule has 8 nitrogen and oxygen atoms in total. The van der Waals surface area contributed by atoms with E-state index in [4.69, 9.17) is 4.74 Å². The number of carbonyl (C=O) groups excluding carboxylic acids is 2. The highest BCUT2D eigenvalue weighted by Crippen LogP contribution is 2.22. The number of hydrogen-bond acceptors (Lipinski definition) is 6. The lowest BCUT2D eigenvalue weighted by Gasteiger charge is -2.14. The van der Waals surface area contributed by atoms with E-state index >= 15 is 0 Å². The van der Waals surface area contributed by atoms with Gasteiger partial charge < -0.3 is 10.1 Å². The van der Waals surface area contributed by atoms with Crippen LogP contribution in [-0.2, 0) is 14.8 Å². The summed E-state index contributed by atoms with van der Waals surface area (Å²) in [5, 5.41) is 3.03. The molecule has 0 atom stereocenters. The van der Waals surface area contributed by atoms with Gasteiger partial charge in [0.05, 0.1) is 23.5 Å². The monoisotopic (exact) mass is 405 g/mol. The molecule has 2 N–H and O–H groups in total. The van der Waals surface area contributed by atoms with Crippen molar-refractivity contribution in [1.82, 2.24) is 14.9 Å². The number of imide groups is 1. The maximum Gasteiger partial charge on any atom is 0.261 e. The van der Waals surface area contributed by atoms with E-state index in [1.54, 1.807) is 31.4 Å². The number of sulfonamides is 1. The van der Waals surface area contributed by atoms with Crippen LogP contribution in [0.15, 0.2) is 24.3 Å². The molecule has 146 valence electrons. The number of halogens is 1. The first kappa shape index (κ1) is 22.5. The fourth-order valence-corrected chi connectivity index (χ4v) is 3.59. The quantitative estimate of drug-likeness (QED) is 0.404. The van der Waals surface area contributed by atoms with Gasteiger partial charge in [-0.05, 0) is 18.6 Å². The van der Waals surface area contributed by atoms with Crippen LogP contribution < -0.4 is 10.0 Å². The van der Waals surface area contributed by atoms with Crippen LogP contribution in [0.25, 0.3) is 0 Å². The lowest BCUT2D eigenvalue weighted by Crippen LogP contribution is -2.36. The third-order valence-electron chi connectivity index (χ3n) is 3.78. The first-order valence-electron chi connectivity index (χ1n) is 8.08. The molecule has 0 spiro atoms. The fourth-order valence-electron chi connectivity index (χ4n) is 2.52. The van der Waals surface area contributed by atoms with E-state index in [1.807, 2.05) is 0 Å². The fraction of sp³-hybridized carbons (Fsp3) is 0.500. The topological polar surface area (TPSA) is 105 Å². The van der Waals surface area contributed by atoms with Gasteiger partial charge in [-0.15, -0.1) is 12.4 Å². The highest BCUT2D eigenvalue weighted by molar-refractivity contribution is 7.89. The summed E-state index contributed by atoms with van der Waals surface area (Å²) in [7, 11) is -1.84. The molecule has 1 heterocycles. The Labute approximate surface area is 159 Å². The van der Waals surface area contributed by atoms with Crippen molar-refractivity contribution in [2.45, 2.75) is 6.42 Å². The number of benzene rings is 1. The average Bonchev–Trinajstić information content (AvgIpc) is 2.83. The molecule has 1 aliphatic rings. The van der Waals surface area contributed by atoms with Crippen molar-refractivity contribution in [1.29, 1.82) is 0 Å². The third kappa shape index (κ3) is 6.03. The van der Waals surface area contributed by atoms with Gasteiger partial charge in [0.15, 0.2) is 0 Å². The van der Waals surface area contributed by atoms with E-state index in [2.05, 4.69) is 10.0 Å². The Bertz CT molecular complexity index is 691. The van der Waals surface area contributed by atoms with Crippen LogP contribution in [0.4, 0.5) is 0 Å². The molecule has 0 saturated heterocycles. The second-order valence-corrected chi connectivity index (χ2v) is 7.54. The van der Waals surface area contributed by atoms with E-state index in [0.29, 0.717) is 30.8 Å².